The lowest BCUT2D eigenvalue weighted by Crippen LogP contribution is -2.34. The summed E-state index contributed by atoms with van der Waals surface area (Å²) in [7, 11) is -1.74. The second-order valence-corrected chi connectivity index (χ2v) is 8.23. The number of alkyl halides is 3. The maximum Gasteiger partial charge on any atom is 0.418 e. The topological polar surface area (TPSA) is 73.1 Å². The molecule has 2 atom stereocenters. The number of rotatable bonds is 6. The van der Waals surface area contributed by atoms with E-state index in [0.29, 0.717) is 17.4 Å². The van der Waals surface area contributed by atoms with Crippen LogP contribution in [0.15, 0.2) is 42.6 Å². The molecular formula is C18H19F3N2O2S. The Hall–Kier alpha value is -2.06. The molecule has 0 saturated carbocycles. The van der Waals surface area contributed by atoms with Crippen molar-refractivity contribution in [1.29, 1.82) is 0 Å². The molecule has 0 spiro atoms. The van der Waals surface area contributed by atoms with E-state index < -0.39 is 33.4 Å². The molecule has 0 aliphatic heterocycles. The predicted molar refractivity (Wildman–Crippen MR) is 93.9 cm³/mol. The summed E-state index contributed by atoms with van der Waals surface area (Å²) in [6, 6.07) is 8.42. The summed E-state index contributed by atoms with van der Waals surface area (Å²) < 4.78 is 51.3. The van der Waals surface area contributed by atoms with Crippen LogP contribution in [0.5, 0.6) is 0 Å². The van der Waals surface area contributed by atoms with Crippen LogP contribution < -0.4 is 5.14 Å². The fourth-order valence-electron chi connectivity index (χ4n) is 2.69. The van der Waals surface area contributed by atoms with Crippen molar-refractivity contribution < 1.29 is 22.2 Å². The average molecular weight is 384 g/mol. The van der Waals surface area contributed by atoms with Gasteiger partial charge in [0.1, 0.15) is 6.29 Å². The van der Waals surface area contributed by atoms with Gasteiger partial charge in [-0.1, -0.05) is 24.3 Å². The highest BCUT2D eigenvalue weighted by Crippen LogP contribution is 2.40. The minimum atomic E-state index is -4.57. The Balaban J connectivity index is 2.61. The van der Waals surface area contributed by atoms with Gasteiger partial charge in [-0.05, 0) is 38.0 Å². The third-order valence-corrected chi connectivity index (χ3v) is 5.45. The zero-order chi connectivity index (χ0) is 19.5. The molecule has 2 rings (SSSR count). The third kappa shape index (κ3) is 4.56. The molecule has 2 aromatic rings. The van der Waals surface area contributed by atoms with Crippen LogP contribution in [0.1, 0.15) is 53.4 Å². The Bertz CT molecular complexity index is 805. The van der Waals surface area contributed by atoms with Gasteiger partial charge in [-0.15, -0.1) is 0 Å². The first-order chi connectivity index (χ1) is 12.1. The Kier molecular flexibility index (Phi) is 5.98. The summed E-state index contributed by atoms with van der Waals surface area (Å²) in [4.78, 5) is 14.8. The van der Waals surface area contributed by atoms with Crippen molar-refractivity contribution in [2.24, 2.45) is 5.14 Å². The lowest BCUT2D eigenvalue weighted by molar-refractivity contribution is -0.138. The average Bonchev–Trinajstić information content (AvgIpc) is 2.59. The molecule has 1 unspecified atom stereocenters. The van der Waals surface area contributed by atoms with E-state index >= 15 is 0 Å². The van der Waals surface area contributed by atoms with Crippen molar-refractivity contribution in [2.45, 2.75) is 37.1 Å². The monoisotopic (exact) mass is 384 g/mol. The van der Waals surface area contributed by atoms with Crippen molar-refractivity contribution in [2.75, 3.05) is 0 Å². The van der Waals surface area contributed by atoms with E-state index in [0.717, 1.165) is 6.07 Å². The molecular weight excluding hydrogens is 365 g/mol. The molecule has 26 heavy (non-hydrogen) atoms. The van der Waals surface area contributed by atoms with Gasteiger partial charge in [-0.3, -0.25) is 14.9 Å². The number of nitrogens with two attached hydrogens (primary N) is 1. The first-order valence-corrected chi connectivity index (χ1v) is 9.01. The molecule has 1 heterocycles. The molecule has 0 amide bonds. The lowest BCUT2D eigenvalue weighted by Gasteiger charge is -2.29. The number of pyridine rings is 1. The van der Waals surface area contributed by atoms with Crippen LogP contribution in [-0.2, 0) is 17.2 Å². The largest absolute Gasteiger partial charge is 0.418 e. The molecule has 0 aliphatic rings. The standard InChI is InChI=1S/C18H19F3N2O2S/c1-17(2,26(22)25)10-14(13-7-5-12(11-24)6-8-13)16-15(18(19,20)21)4-3-9-23-16/h3-9,11,14H,10,22H2,1-2H3/t14-,26?/m0/s1. The maximum atomic E-state index is 13.5. The van der Waals surface area contributed by atoms with Crippen molar-refractivity contribution in [3.8, 4) is 0 Å². The highest BCUT2D eigenvalue weighted by atomic mass is 32.2. The smallest absolute Gasteiger partial charge is 0.298 e. The van der Waals surface area contributed by atoms with Crippen LogP contribution in [0.3, 0.4) is 0 Å². The molecule has 0 bridgehead atoms. The molecule has 1 aromatic heterocycles. The van der Waals surface area contributed by atoms with E-state index in [9.17, 15) is 22.2 Å². The van der Waals surface area contributed by atoms with Crippen molar-refractivity contribution in [3.63, 3.8) is 0 Å². The number of halogens is 3. The van der Waals surface area contributed by atoms with Crippen LogP contribution in [-0.4, -0.2) is 20.2 Å². The van der Waals surface area contributed by atoms with Gasteiger partial charge < -0.3 is 0 Å². The zero-order valence-electron chi connectivity index (χ0n) is 14.3. The Morgan fingerprint density at radius 1 is 1.19 bits per heavy atom. The van der Waals surface area contributed by atoms with E-state index in [1.54, 1.807) is 26.0 Å². The molecule has 8 heteroatoms. The molecule has 0 radical (unpaired) electrons. The fourth-order valence-corrected chi connectivity index (χ4v) is 3.02. The molecule has 0 saturated heterocycles. The number of carbonyl (C=O) groups excluding carboxylic acids is 1. The van der Waals surface area contributed by atoms with Crippen LogP contribution in [0.4, 0.5) is 13.2 Å². The number of aromatic nitrogens is 1. The van der Waals surface area contributed by atoms with Crippen molar-refractivity contribution in [3.05, 3.63) is 65.0 Å². The van der Waals surface area contributed by atoms with Crippen LogP contribution in [0, 0.1) is 0 Å². The van der Waals surface area contributed by atoms with Crippen LogP contribution in [0.25, 0.3) is 0 Å². The summed E-state index contributed by atoms with van der Waals surface area (Å²) in [5, 5.41) is 5.53. The number of carbonyl (C=O) groups is 1. The van der Waals surface area contributed by atoms with Gasteiger partial charge in [0.15, 0.2) is 0 Å². The van der Waals surface area contributed by atoms with Gasteiger partial charge in [0.2, 0.25) is 0 Å². The van der Waals surface area contributed by atoms with Crippen LogP contribution in [0.2, 0.25) is 0 Å². The fraction of sp³-hybridized carbons (Fsp3) is 0.333. The second kappa shape index (κ2) is 7.67. The van der Waals surface area contributed by atoms with Crippen molar-refractivity contribution >= 4 is 17.3 Å². The normalized spacial score (nSPS) is 14.7. The van der Waals surface area contributed by atoms with Gasteiger partial charge in [0.25, 0.3) is 0 Å². The van der Waals surface area contributed by atoms with E-state index in [-0.39, 0.29) is 12.1 Å². The lowest BCUT2D eigenvalue weighted by atomic mass is 9.84. The number of hydrogen-bond donors (Lipinski definition) is 1. The maximum absolute atomic E-state index is 13.5. The first-order valence-electron chi connectivity index (χ1n) is 7.80. The second-order valence-electron chi connectivity index (χ2n) is 6.53. The van der Waals surface area contributed by atoms with Gasteiger partial charge in [0.05, 0.1) is 27.0 Å². The van der Waals surface area contributed by atoms with Gasteiger partial charge in [-0.2, -0.15) is 13.2 Å². The number of nitrogens with zero attached hydrogens (tertiary/aromatic N) is 1. The summed E-state index contributed by atoms with van der Waals surface area (Å²) in [5.41, 5.74) is -0.0509. The highest BCUT2D eigenvalue weighted by molar-refractivity contribution is 7.84. The van der Waals surface area contributed by atoms with E-state index in [2.05, 4.69) is 4.98 Å². The van der Waals surface area contributed by atoms with Gasteiger partial charge in [0, 0.05) is 17.7 Å². The summed E-state index contributed by atoms with van der Waals surface area (Å²) in [6.45, 7) is 3.26. The molecule has 140 valence electrons. The van der Waals surface area contributed by atoms with Gasteiger partial charge >= 0.3 is 6.18 Å². The Labute approximate surface area is 152 Å². The number of aldehydes is 1. The van der Waals surface area contributed by atoms with Crippen LogP contribution >= 0.6 is 0 Å². The molecule has 1 aromatic carbocycles. The minimum Gasteiger partial charge on any atom is -0.298 e. The predicted octanol–water partition coefficient (Wildman–Crippen LogP) is 3.84. The summed E-state index contributed by atoms with van der Waals surface area (Å²) in [5.74, 6) is -0.781. The summed E-state index contributed by atoms with van der Waals surface area (Å²) >= 11 is 0. The number of hydrogen-bond acceptors (Lipinski definition) is 3. The van der Waals surface area contributed by atoms with Gasteiger partial charge in [-0.25, -0.2) is 4.21 Å². The minimum absolute atomic E-state index is 0.0939. The molecule has 2 N–H and O–H groups in total. The van der Waals surface area contributed by atoms with E-state index in [1.807, 2.05) is 0 Å². The third-order valence-electron chi connectivity index (χ3n) is 4.19. The Morgan fingerprint density at radius 3 is 2.31 bits per heavy atom. The zero-order valence-corrected chi connectivity index (χ0v) is 15.1. The molecule has 4 nitrogen and oxygen atoms in total. The van der Waals surface area contributed by atoms with E-state index in [4.69, 9.17) is 5.14 Å². The van der Waals surface area contributed by atoms with Crippen molar-refractivity contribution in [1.82, 2.24) is 4.98 Å². The summed E-state index contributed by atoms with van der Waals surface area (Å²) in [6.07, 6.45) is -2.53. The quantitative estimate of drug-likeness (QED) is 0.769. The Morgan fingerprint density at radius 2 is 1.81 bits per heavy atom. The SMILES string of the molecule is CC(C)(C[C@@H](c1ccc(C=O)cc1)c1ncccc1C(F)(F)F)S(N)=O. The number of benzene rings is 1. The molecule has 0 aliphatic carbocycles. The first kappa shape index (κ1) is 20.3. The van der Waals surface area contributed by atoms with E-state index in [1.165, 1.54) is 24.4 Å². The molecule has 0 fully saturated rings. The highest BCUT2D eigenvalue weighted by Gasteiger charge is 2.38.